The van der Waals surface area contributed by atoms with Gasteiger partial charge in [-0.1, -0.05) is 158 Å². The van der Waals surface area contributed by atoms with Gasteiger partial charge in [0.25, 0.3) is 0 Å². The zero-order valence-electron chi connectivity index (χ0n) is 30.9. The number of hydrogen-bond donors (Lipinski definition) is 0. The third-order valence-electron chi connectivity index (χ3n) is 7.36. The summed E-state index contributed by atoms with van der Waals surface area (Å²) in [6.45, 7) is 16.3. The highest BCUT2D eigenvalue weighted by molar-refractivity contribution is 5.64. The zero-order chi connectivity index (χ0) is 36.1. The summed E-state index contributed by atoms with van der Waals surface area (Å²) < 4.78 is 0. The second-order valence-corrected chi connectivity index (χ2v) is 11.4. The van der Waals surface area contributed by atoms with Gasteiger partial charge in [-0.05, 0) is 112 Å². The van der Waals surface area contributed by atoms with Crippen molar-refractivity contribution in [3.05, 3.63) is 201 Å². The van der Waals surface area contributed by atoms with Crippen molar-refractivity contribution < 1.29 is 0 Å². The molecule has 0 nitrogen and oxygen atoms in total. The van der Waals surface area contributed by atoms with E-state index in [1.54, 1.807) is 0 Å². The fraction of sp³-hybridized carbons (Fsp3) is 0.160. The van der Waals surface area contributed by atoms with E-state index < -0.39 is 0 Å². The summed E-state index contributed by atoms with van der Waals surface area (Å²) >= 11 is 0. The lowest BCUT2D eigenvalue weighted by Gasteiger charge is -2.02. The Labute approximate surface area is 302 Å². The summed E-state index contributed by atoms with van der Waals surface area (Å²) in [5.41, 5.74) is 13.6. The van der Waals surface area contributed by atoms with Gasteiger partial charge in [-0.25, -0.2) is 0 Å². The molecule has 0 aromatic heterocycles. The van der Waals surface area contributed by atoms with Crippen LogP contribution >= 0.6 is 0 Å². The maximum absolute atomic E-state index is 3.22. The van der Waals surface area contributed by atoms with Crippen LogP contribution in [0.1, 0.15) is 83.3 Å². The number of benzene rings is 6. The monoisotopic (exact) mass is 648 g/mol. The topological polar surface area (TPSA) is 0 Å². The fourth-order valence-electron chi connectivity index (χ4n) is 4.47. The van der Waals surface area contributed by atoms with Gasteiger partial charge in [0.2, 0.25) is 0 Å². The lowest BCUT2D eigenvalue weighted by Crippen LogP contribution is -1.80. The van der Waals surface area contributed by atoms with Crippen LogP contribution in [0.2, 0.25) is 0 Å². The Morgan fingerprint density at radius 2 is 0.360 bits per heavy atom. The molecule has 248 valence electrons. The van der Waals surface area contributed by atoms with Crippen molar-refractivity contribution >= 4 is 0 Å². The van der Waals surface area contributed by atoms with Crippen molar-refractivity contribution in [2.45, 2.75) is 55.4 Å². The minimum Gasteiger partial charge on any atom is -0.0683 e. The third-order valence-corrected chi connectivity index (χ3v) is 7.36. The SMILES string of the molecule is CC.CC.Cc1ccc(C#Cc2ccc(-c3ccc(C)cc3)cc2)cc1.Cc1ccc(C#Cc2ccc(C#Cc3ccc(C)cc3)cc2)cc1. The highest BCUT2D eigenvalue weighted by Gasteiger charge is 1.97. The predicted molar refractivity (Wildman–Crippen MR) is 217 cm³/mol. The first kappa shape index (κ1) is 38.4. The molecule has 0 heterocycles. The van der Waals surface area contributed by atoms with E-state index in [-0.39, 0.29) is 0 Å². The smallest absolute Gasteiger partial charge is 0.0249 e. The number of aryl methyl sites for hydroxylation is 4. The second kappa shape index (κ2) is 21.1. The van der Waals surface area contributed by atoms with E-state index in [0.29, 0.717) is 0 Å². The molecule has 0 spiro atoms. The summed E-state index contributed by atoms with van der Waals surface area (Å²) in [4.78, 5) is 0. The van der Waals surface area contributed by atoms with Crippen LogP contribution in [-0.4, -0.2) is 0 Å². The molecule has 6 aromatic rings. The van der Waals surface area contributed by atoms with Crippen LogP contribution in [-0.2, 0) is 0 Å². The molecule has 50 heavy (non-hydrogen) atoms. The Bertz CT molecular complexity index is 1970. The van der Waals surface area contributed by atoms with Crippen LogP contribution in [0.25, 0.3) is 11.1 Å². The number of hydrogen-bond acceptors (Lipinski definition) is 0. The van der Waals surface area contributed by atoms with Crippen LogP contribution in [0, 0.1) is 63.2 Å². The Morgan fingerprint density at radius 1 is 0.220 bits per heavy atom. The maximum atomic E-state index is 3.22. The van der Waals surface area contributed by atoms with Gasteiger partial charge in [0, 0.05) is 33.4 Å². The maximum Gasteiger partial charge on any atom is 0.0249 e. The minimum absolute atomic E-state index is 0.997. The van der Waals surface area contributed by atoms with E-state index >= 15 is 0 Å². The number of rotatable bonds is 1. The molecule has 0 unspecified atom stereocenters. The molecular formula is C50H48. The van der Waals surface area contributed by atoms with Crippen LogP contribution in [0.5, 0.6) is 0 Å². The molecule has 0 bridgehead atoms. The van der Waals surface area contributed by atoms with E-state index in [2.05, 4.69) is 160 Å². The molecule has 0 heteroatoms. The van der Waals surface area contributed by atoms with E-state index in [1.807, 2.05) is 76.2 Å². The van der Waals surface area contributed by atoms with Crippen molar-refractivity contribution in [1.29, 1.82) is 0 Å². The largest absolute Gasteiger partial charge is 0.0683 e. The highest BCUT2D eigenvalue weighted by Crippen LogP contribution is 2.20. The van der Waals surface area contributed by atoms with Gasteiger partial charge in [-0.15, -0.1) is 0 Å². The standard InChI is InChI=1S/C24H18.C22H18.2C2H6/c1-19-3-7-21(8-4-19)11-13-23-15-17-24(18-16-23)14-12-22-9-5-20(2)6-10-22;1-17-3-7-19(8-4-17)9-10-20-11-15-22(16-12-20)21-13-5-18(2)6-14-21;2*1-2/h3-10,15-18H,1-2H3;3-8,11-16H,1-2H3;2*1-2H3. The molecule has 0 saturated carbocycles. The lowest BCUT2D eigenvalue weighted by molar-refractivity contribution is 1.46. The first-order valence-corrected chi connectivity index (χ1v) is 17.4. The summed E-state index contributed by atoms with van der Waals surface area (Å²) in [6.07, 6.45) is 0. The normalized spacial score (nSPS) is 9.12. The predicted octanol–water partition coefficient (Wildman–Crippen LogP) is 12.5. The third kappa shape index (κ3) is 13.2. The summed E-state index contributed by atoms with van der Waals surface area (Å²) in [7, 11) is 0. The van der Waals surface area contributed by atoms with Gasteiger partial charge in [-0.2, -0.15) is 0 Å². The Hall–Kier alpha value is -6.00. The van der Waals surface area contributed by atoms with Gasteiger partial charge in [0.05, 0.1) is 0 Å². The fourth-order valence-corrected chi connectivity index (χ4v) is 4.47. The summed E-state index contributed by atoms with van der Waals surface area (Å²) in [5, 5.41) is 0. The van der Waals surface area contributed by atoms with Crippen LogP contribution in [0.3, 0.4) is 0 Å². The van der Waals surface area contributed by atoms with Crippen LogP contribution in [0.4, 0.5) is 0 Å². The minimum atomic E-state index is 0.997. The summed E-state index contributed by atoms with van der Waals surface area (Å²) in [6, 6.07) is 49.8. The van der Waals surface area contributed by atoms with E-state index in [9.17, 15) is 0 Å². The van der Waals surface area contributed by atoms with Crippen molar-refractivity contribution in [1.82, 2.24) is 0 Å². The van der Waals surface area contributed by atoms with E-state index in [0.717, 1.165) is 33.4 Å². The molecule has 0 atom stereocenters. The highest BCUT2D eigenvalue weighted by atomic mass is 14.0. The van der Waals surface area contributed by atoms with Gasteiger partial charge < -0.3 is 0 Å². The summed E-state index contributed by atoms with van der Waals surface area (Å²) in [5.74, 6) is 19.2. The quantitative estimate of drug-likeness (QED) is 0.156. The zero-order valence-corrected chi connectivity index (χ0v) is 30.9. The van der Waals surface area contributed by atoms with Gasteiger partial charge in [-0.3, -0.25) is 0 Å². The van der Waals surface area contributed by atoms with Gasteiger partial charge >= 0.3 is 0 Å². The Morgan fingerprint density at radius 3 is 0.580 bits per heavy atom. The van der Waals surface area contributed by atoms with E-state index in [4.69, 9.17) is 0 Å². The molecule has 0 N–H and O–H groups in total. The molecule has 6 rings (SSSR count). The van der Waals surface area contributed by atoms with Crippen LogP contribution in [0.15, 0.2) is 146 Å². The van der Waals surface area contributed by atoms with Crippen molar-refractivity contribution in [2.75, 3.05) is 0 Å². The van der Waals surface area contributed by atoms with Gasteiger partial charge in [0.1, 0.15) is 0 Å². The van der Waals surface area contributed by atoms with E-state index in [1.165, 1.54) is 33.4 Å². The molecule has 0 saturated heterocycles. The average Bonchev–Trinajstić information content (AvgIpc) is 3.17. The van der Waals surface area contributed by atoms with Crippen molar-refractivity contribution in [3.8, 4) is 46.6 Å². The second-order valence-electron chi connectivity index (χ2n) is 11.4. The van der Waals surface area contributed by atoms with Crippen molar-refractivity contribution in [3.63, 3.8) is 0 Å². The van der Waals surface area contributed by atoms with Gasteiger partial charge in [0.15, 0.2) is 0 Å². The van der Waals surface area contributed by atoms with Crippen LogP contribution < -0.4 is 0 Å². The molecule has 0 amide bonds. The molecule has 0 aliphatic heterocycles. The Balaban J connectivity index is 0.000000247. The molecule has 0 radical (unpaired) electrons. The molecule has 0 aliphatic rings. The molecular weight excluding hydrogens is 601 g/mol. The first-order valence-electron chi connectivity index (χ1n) is 17.4. The average molecular weight is 649 g/mol. The first-order chi connectivity index (χ1) is 24.4. The van der Waals surface area contributed by atoms with Crippen molar-refractivity contribution in [2.24, 2.45) is 0 Å². The lowest BCUT2D eigenvalue weighted by atomic mass is 10.0. The molecule has 0 fully saturated rings. The molecule has 0 aliphatic carbocycles. The Kier molecular flexibility index (Phi) is 16.2. The molecule has 6 aromatic carbocycles.